The minimum absolute atomic E-state index is 0.00690. The number of rotatable bonds is 4. The fraction of sp³-hybridized carbons (Fsp3) is 0.909. The Labute approximate surface area is 91.7 Å². The van der Waals surface area contributed by atoms with Crippen LogP contribution in [0, 0.1) is 17.8 Å². The summed E-state index contributed by atoms with van der Waals surface area (Å²) in [4.78, 5) is 16.7. The molecule has 2 unspecified atom stereocenters. The quantitative estimate of drug-likeness (QED) is 0.711. The third-order valence-corrected chi connectivity index (χ3v) is 3.72. The molecule has 0 aromatic rings. The number of carbonyl (C=O) groups excluding carboxylic acids is 1. The van der Waals surface area contributed by atoms with Gasteiger partial charge in [-0.1, -0.05) is 13.8 Å². The first kappa shape index (κ1) is 12.5. The van der Waals surface area contributed by atoms with Crippen LogP contribution < -0.4 is 5.73 Å². The average Bonchev–Trinajstić information content (AvgIpc) is 2.20. The van der Waals surface area contributed by atoms with Gasteiger partial charge < -0.3 is 5.73 Å². The molecule has 1 rings (SSSR count). The molecule has 88 valence electrons. The summed E-state index contributed by atoms with van der Waals surface area (Å²) in [6, 6.07) is 0.347. The average molecular weight is 214 g/mol. The highest BCUT2D eigenvalue weighted by molar-refractivity contribution is 5.77. The van der Waals surface area contributed by atoms with Gasteiger partial charge in [0.2, 0.25) is 5.91 Å². The van der Waals surface area contributed by atoms with Crippen molar-refractivity contribution in [3.8, 4) is 0 Å². The van der Waals surface area contributed by atoms with Crippen LogP contribution in [0.25, 0.3) is 0 Å². The maximum Gasteiger partial charge on any atom is 0.248 e. The first-order valence-corrected chi connectivity index (χ1v) is 5.54. The zero-order valence-corrected chi connectivity index (χ0v) is 10.1. The van der Waals surface area contributed by atoms with E-state index in [1.165, 1.54) is 12.2 Å². The van der Waals surface area contributed by atoms with E-state index in [2.05, 4.69) is 6.92 Å². The molecule has 2 N–H and O–H groups in total. The molecule has 0 aliphatic heterocycles. The Morgan fingerprint density at radius 3 is 2.40 bits per heavy atom. The number of hydrogen-bond acceptors (Lipinski definition) is 3. The van der Waals surface area contributed by atoms with E-state index in [-0.39, 0.29) is 11.8 Å². The molecule has 0 radical (unpaired) electrons. The van der Waals surface area contributed by atoms with E-state index >= 15 is 0 Å². The van der Waals surface area contributed by atoms with Crippen molar-refractivity contribution < 1.29 is 9.63 Å². The monoisotopic (exact) mass is 214 g/mol. The van der Waals surface area contributed by atoms with Crippen LogP contribution in [0.15, 0.2) is 0 Å². The molecule has 1 aliphatic rings. The highest BCUT2D eigenvalue weighted by Gasteiger charge is 2.36. The van der Waals surface area contributed by atoms with Crippen LogP contribution in [-0.4, -0.2) is 31.2 Å². The van der Waals surface area contributed by atoms with Crippen LogP contribution in [0.1, 0.15) is 26.7 Å². The lowest BCUT2D eigenvalue weighted by Gasteiger charge is -2.39. The van der Waals surface area contributed by atoms with E-state index in [0.717, 1.165) is 12.8 Å². The number of hydrogen-bond donors (Lipinski definition) is 1. The molecule has 2 atom stereocenters. The highest BCUT2D eigenvalue weighted by Crippen LogP contribution is 2.36. The van der Waals surface area contributed by atoms with Gasteiger partial charge in [-0.3, -0.25) is 9.63 Å². The lowest BCUT2D eigenvalue weighted by atomic mass is 9.69. The summed E-state index contributed by atoms with van der Waals surface area (Å²) in [5, 5.41) is 1.31. The molecule has 15 heavy (non-hydrogen) atoms. The van der Waals surface area contributed by atoms with Gasteiger partial charge in [0.05, 0.1) is 7.11 Å². The van der Waals surface area contributed by atoms with Crippen molar-refractivity contribution >= 4 is 5.91 Å². The number of carbonyl (C=O) groups is 1. The minimum atomic E-state index is 0.00690. The Hall–Kier alpha value is -0.610. The highest BCUT2D eigenvalue weighted by atomic mass is 16.7. The van der Waals surface area contributed by atoms with Gasteiger partial charge in [0.15, 0.2) is 0 Å². The lowest BCUT2D eigenvalue weighted by molar-refractivity contribution is -0.175. The van der Waals surface area contributed by atoms with Gasteiger partial charge in [0.25, 0.3) is 0 Å². The fourth-order valence-corrected chi connectivity index (χ4v) is 2.15. The van der Waals surface area contributed by atoms with Gasteiger partial charge in [-0.05, 0) is 24.7 Å². The lowest BCUT2D eigenvalue weighted by Crippen LogP contribution is -2.44. The fourth-order valence-electron chi connectivity index (χ4n) is 2.15. The van der Waals surface area contributed by atoms with E-state index in [0.29, 0.717) is 17.9 Å². The van der Waals surface area contributed by atoms with E-state index in [1.54, 1.807) is 7.05 Å². The maximum absolute atomic E-state index is 11.8. The summed E-state index contributed by atoms with van der Waals surface area (Å²) < 4.78 is 0. The second-order valence-electron chi connectivity index (χ2n) is 4.66. The largest absolute Gasteiger partial charge is 0.328 e. The summed E-state index contributed by atoms with van der Waals surface area (Å²) in [7, 11) is 3.16. The standard InChI is InChI=1S/C11H22N2O2/c1-7(9-5-10(12)6-9)8(2)11(14)13(3)15-4/h7-10H,5-6,12H2,1-4H3. The first-order chi connectivity index (χ1) is 6.97. The van der Waals surface area contributed by atoms with Crippen molar-refractivity contribution in [1.29, 1.82) is 0 Å². The van der Waals surface area contributed by atoms with Crippen molar-refractivity contribution in [3.05, 3.63) is 0 Å². The van der Waals surface area contributed by atoms with Gasteiger partial charge >= 0.3 is 0 Å². The third-order valence-electron chi connectivity index (χ3n) is 3.72. The summed E-state index contributed by atoms with van der Waals surface area (Å²) in [6.07, 6.45) is 2.10. The molecule has 1 amide bonds. The predicted octanol–water partition coefficient (Wildman–Crippen LogP) is 1.02. The van der Waals surface area contributed by atoms with Gasteiger partial charge in [0.1, 0.15) is 0 Å². The maximum atomic E-state index is 11.8. The molecule has 1 aliphatic carbocycles. The van der Waals surface area contributed by atoms with Gasteiger partial charge in [-0.15, -0.1) is 0 Å². The zero-order valence-electron chi connectivity index (χ0n) is 10.1. The molecule has 1 fully saturated rings. The van der Waals surface area contributed by atoms with Crippen LogP contribution in [0.4, 0.5) is 0 Å². The molecule has 4 nitrogen and oxygen atoms in total. The second-order valence-corrected chi connectivity index (χ2v) is 4.66. The number of hydroxylamine groups is 2. The van der Waals surface area contributed by atoms with Gasteiger partial charge in [-0.25, -0.2) is 5.06 Å². The zero-order chi connectivity index (χ0) is 11.6. The van der Waals surface area contributed by atoms with Crippen LogP contribution in [0.3, 0.4) is 0 Å². The van der Waals surface area contributed by atoms with Crippen LogP contribution in [-0.2, 0) is 9.63 Å². The molecular formula is C11H22N2O2. The Kier molecular flexibility index (Phi) is 4.11. The summed E-state index contributed by atoms with van der Waals surface area (Å²) in [5.41, 5.74) is 5.75. The Morgan fingerprint density at radius 1 is 1.47 bits per heavy atom. The molecule has 0 spiro atoms. The van der Waals surface area contributed by atoms with Crippen LogP contribution >= 0.6 is 0 Å². The topological polar surface area (TPSA) is 55.6 Å². The minimum Gasteiger partial charge on any atom is -0.328 e. The van der Waals surface area contributed by atoms with Gasteiger partial charge in [-0.2, -0.15) is 0 Å². The molecule has 4 heteroatoms. The number of amides is 1. The van der Waals surface area contributed by atoms with E-state index in [1.807, 2.05) is 6.92 Å². The van der Waals surface area contributed by atoms with Crippen molar-refractivity contribution in [2.45, 2.75) is 32.7 Å². The Bertz CT molecular complexity index is 227. The van der Waals surface area contributed by atoms with E-state index < -0.39 is 0 Å². The predicted molar refractivity (Wildman–Crippen MR) is 58.8 cm³/mol. The summed E-state index contributed by atoms with van der Waals surface area (Å²) in [5.74, 6) is 1.04. The number of nitrogens with zero attached hydrogens (tertiary/aromatic N) is 1. The van der Waals surface area contributed by atoms with Crippen molar-refractivity contribution in [1.82, 2.24) is 5.06 Å². The number of nitrogens with two attached hydrogens (primary N) is 1. The van der Waals surface area contributed by atoms with Crippen molar-refractivity contribution in [2.24, 2.45) is 23.5 Å². The SMILES string of the molecule is CON(C)C(=O)C(C)C(C)C1CC(N)C1. The molecular weight excluding hydrogens is 192 g/mol. The first-order valence-electron chi connectivity index (χ1n) is 5.54. The molecule has 0 aromatic carbocycles. The third kappa shape index (κ3) is 2.69. The normalized spacial score (nSPS) is 29.1. The van der Waals surface area contributed by atoms with Gasteiger partial charge in [0, 0.05) is 19.0 Å². The van der Waals surface area contributed by atoms with E-state index in [9.17, 15) is 4.79 Å². The molecule has 0 bridgehead atoms. The van der Waals surface area contributed by atoms with Crippen LogP contribution in [0.2, 0.25) is 0 Å². The Balaban J connectivity index is 2.45. The van der Waals surface area contributed by atoms with Crippen molar-refractivity contribution in [2.75, 3.05) is 14.2 Å². The molecule has 0 saturated heterocycles. The van der Waals surface area contributed by atoms with E-state index in [4.69, 9.17) is 10.6 Å². The summed E-state index contributed by atoms with van der Waals surface area (Å²) >= 11 is 0. The summed E-state index contributed by atoms with van der Waals surface area (Å²) in [6.45, 7) is 4.09. The molecule has 0 heterocycles. The molecule has 0 aromatic heterocycles. The smallest absolute Gasteiger partial charge is 0.248 e. The Morgan fingerprint density at radius 2 is 2.00 bits per heavy atom. The van der Waals surface area contributed by atoms with Crippen LogP contribution in [0.5, 0.6) is 0 Å². The molecule has 1 saturated carbocycles. The second kappa shape index (κ2) is 4.94. The van der Waals surface area contributed by atoms with Crippen molar-refractivity contribution in [3.63, 3.8) is 0 Å².